The molecule has 2 fully saturated rings. The number of carbonyl (C=O) groups is 1. The lowest BCUT2D eigenvalue weighted by Gasteiger charge is -2.43. The van der Waals surface area contributed by atoms with Gasteiger partial charge in [0.1, 0.15) is 0 Å². The van der Waals surface area contributed by atoms with Crippen LogP contribution in [0.25, 0.3) is 0 Å². The number of halogens is 2. The fourth-order valence-corrected chi connectivity index (χ4v) is 3.02. The first-order valence-corrected chi connectivity index (χ1v) is 5.61. The van der Waals surface area contributed by atoms with Crippen LogP contribution in [-0.2, 0) is 9.53 Å². The second-order valence-corrected chi connectivity index (χ2v) is 4.41. The van der Waals surface area contributed by atoms with Crippen LogP contribution in [0.5, 0.6) is 0 Å². The largest absolute Gasteiger partial charge is 0.427 e. The molecule has 12 heavy (non-hydrogen) atoms. The zero-order valence-electron chi connectivity index (χ0n) is 6.61. The average Bonchev–Trinajstić information content (AvgIpc) is 2.22. The van der Waals surface area contributed by atoms with E-state index in [0.29, 0.717) is 0 Å². The highest BCUT2D eigenvalue weighted by atomic mass is 127. The van der Waals surface area contributed by atoms with Crippen LogP contribution in [0.1, 0.15) is 25.7 Å². The molecular weight excluding hydrogens is 274 g/mol. The van der Waals surface area contributed by atoms with Crippen molar-refractivity contribution in [3.05, 3.63) is 0 Å². The fourth-order valence-electron chi connectivity index (χ4n) is 2.06. The topological polar surface area (TPSA) is 26.3 Å². The van der Waals surface area contributed by atoms with Gasteiger partial charge >= 0.3 is 5.97 Å². The maximum absolute atomic E-state index is 13.9. The van der Waals surface area contributed by atoms with Crippen molar-refractivity contribution >= 4 is 28.6 Å². The standard InChI is InChI=1S/C8H10FIO2/c9-8(5-10)7(2-1-3-7)4-6(11)12-8/h1-5H2. The van der Waals surface area contributed by atoms with Gasteiger partial charge in [-0.05, 0) is 12.8 Å². The van der Waals surface area contributed by atoms with Crippen molar-refractivity contribution in [2.24, 2.45) is 5.41 Å². The van der Waals surface area contributed by atoms with Crippen molar-refractivity contribution in [1.82, 2.24) is 0 Å². The number of hydrogen-bond acceptors (Lipinski definition) is 2. The molecule has 1 unspecified atom stereocenters. The quantitative estimate of drug-likeness (QED) is 0.419. The second kappa shape index (κ2) is 2.56. The molecule has 0 aromatic heterocycles. The highest BCUT2D eigenvalue weighted by Gasteiger charge is 2.63. The van der Waals surface area contributed by atoms with Crippen molar-refractivity contribution in [3.63, 3.8) is 0 Å². The zero-order chi connectivity index (χ0) is 8.82. The summed E-state index contributed by atoms with van der Waals surface area (Å²) in [6.45, 7) is 0. The van der Waals surface area contributed by atoms with E-state index in [1.165, 1.54) is 0 Å². The van der Waals surface area contributed by atoms with E-state index >= 15 is 0 Å². The maximum atomic E-state index is 13.9. The lowest BCUT2D eigenvalue weighted by molar-refractivity contribution is -0.184. The summed E-state index contributed by atoms with van der Waals surface area (Å²) in [5.41, 5.74) is -0.453. The summed E-state index contributed by atoms with van der Waals surface area (Å²) in [5.74, 6) is -2.03. The molecule has 1 saturated carbocycles. The Balaban J connectivity index is 2.26. The van der Waals surface area contributed by atoms with Gasteiger partial charge in [0.05, 0.1) is 16.3 Å². The average molecular weight is 284 g/mol. The monoisotopic (exact) mass is 284 g/mol. The summed E-state index contributed by atoms with van der Waals surface area (Å²) in [6, 6.07) is 0. The van der Waals surface area contributed by atoms with Crippen molar-refractivity contribution in [2.45, 2.75) is 31.5 Å². The van der Waals surface area contributed by atoms with E-state index in [9.17, 15) is 9.18 Å². The number of rotatable bonds is 1. The molecule has 0 N–H and O–H groups in total. The molecule has 4 heteroatoms. The van der Waals surface area contributed by atoms with Gasteiger partial charge in [-0.25, -0.2) is 0 Å². The van der Waals surface area contributed by atoms with E-state index in [0.717, 1.165) is 19.3 Å². The number of cyclic esters (lactones) is 1. The van der Waals surface area contributed by atoms with E-state index < -0.39 is 11.3 Å². The van der Waals surface area contributed by atoms with Gasteiger partial charge in [0.2, 0.25) is 0 Å². The van der Waals surface area contributed by atoms with E-state index in [2.05, 4.69) is 0 Å². The van der Waals surface area contributed by atoms with Gasteiger partial charge in [-0.2, -0.15) is 4.39 Å². The minimum Gasteiger partial charge on any atom is -0.427 e. The molecule has 2 rings (SSSR count). The van der Waals surface area contributed by atoms with Gasteiger partial charge in [0, 0.05) is 0 Å². The Kier molecular flexibility index (Phi) is 1.86. The van der Waals surface area contributed by atoms with E-state index in [-0.39, 0.29) is 16.8 Å². The van der Waals surface area contributed by atoms with Crippen LogP contribution in [0.15, 0.2) is 0 Å². The van der Waals surface area contributed by atoms with Crippen LogP contribution >= 0.6 is 22.6 Å². The van der Waals surface area contributed by atoms with Crippen molar-refractivity contribution in [1.29, 1.82) is 0 Å². The molecule has 0 bridgehead atoms. The first kappa shape index (κ1) is 8.72. The summed E-state index contributed by atoms with van der Waals surface area (Å²) in [6.07, 6.45) is 2.92. The van der Waals surface area contributed by atoms with Crippen molar-refractivity contribution in [2.75, 3.05) is 4.43 Å². The Morgan fingerprint density at radius 1 is 1.58 bits per heavy atom. The SMILES string of the molecule is O=C1CC2(CCC2)C(F)(CI)O1. The molecule has 1 saturated heterocycles. The Morgan fingerprint density at radius 3 is 2.58 bits per heavy atom. The molecule has 1 spiro atoms. The molecule has 0 amide bonds. The number of esters is 1. The molecular formula is C8H10FIO2. The highest BCUT2D eigenvalue weighted by Crippen LogP contribution is 2.58. The van der Waals surface area contributed by atoms with Gasteiger partial charge in [-0.15, -0.1) is 0 Å². The Morgan fingerprint density at radius 2 is 2.25 bits per heavy atom. The van der Waals surface area contributed by atoms with Gasteiger partial charge in [0.25, 0.3) is 5.85 Å². The third-order valence-corrected chi connectivity index (χ3v) is 4.01. The lowest BCUT2D eigenvalue weighted by atomic mass is 9.64. The van der Waals surface area contributed by atoms with Gasteiger partial charge in [-0.1, -0.05) is 29.0 Å². The number of ether oxygens (including phenoxy) is 1. The van der Waals surface area contributed by atoms with Gasteiger partial charge in [0.15, 0.2) is 0 Å². The molecule has 0 aromatic carbocycles. The maximum Gasteiger partial charge on any atom is 0.309 e. The third-order valence-electron chi connectivity index (χ3n) is 3.03. The normalized spacial score (nSPS) is 38.0. The summed E-state index contributed by atoms with van der Waals surface area (Å²) >= 11 is 1.95. The molecule has 1 atom stereocenters. The summed E-state index contributed by atoms with van der Waals surface area (Å²) in [5, 5.41) is 0. The third kappa shape index (κ3) is 0.930. The van der Waals surface area contributed by atoms with Crippen molar-refractivity contribution in [3.8, 4) is 0 Å². The molecule has 2 aliphatic rings. The Labute approximate surface area is 84.0 Å². The second-order valence-electron chi connectivity index (χ2n) is 3.65. The van der Waals surface area contributed by atoms with Crippen LogP contribution in [-0.4, -0.2) is 16.3 Å². The van der Waals surface area contributed by atoms with Crippen molar-refractivity contribution < 1.29 is 13.9 Å². The molecule has 1 aliphatic carbocycles. The molecule has 2 nitrogen and oxygen atoms in total. The fraction of sp³-hybridized carbons (Fsp3) is 0.875. The zero-order valence-corrected chi connectivity index (χ0v) is 8.77. The Hall–Kier alpha value is 0.130. The molecule has 0 radical (unpaired) electrons. The number of alkyl halides is 2. The number of hydrogen-bond donors (Lipinski definition) is 0. The first-order chi connectivity index (χ1) is 5.62. The molecule has 68 valence electrons. The van der Waals surface area contributed by atoms with Crippen LogP contribution in [0.3, 0.4) is 0 Å². The summed E-state index contributed by atoms with van der Waals surface area (Å²) in [4.78, 5) is 11.0. The minimum atomic E-state index is -1.66. The van der Waals surface area contributed by atoms with E-state index in [1.54, 1.807) is 0 Å². The van der Waals surface area contributed by atoms with Gasteiger partial charge < -0.3 is 4.74 Å². The summed E-state index contributed by atoms with van der Waals surface area (Å²) in [7, 11) is 0. The van der Waals surface area contributed by atoms with Crippen LogP contribution in [0.4, 0.5) is 4.39 Å². The molecule has 1 aliphatic heterocycles. The lowest BCUT2D eigenvalue weighted by Crippen LogP contribution is -2.47. The molecule has 1 heterocycles. The predicted octanol–water partition coefficient (Wildman–Crippen LogP) is 2.20. The minimum absolute atomic E-state index is 0.260. The van der Waals surface area contributed by atoms with E-state index in [4.69, 9.17) is 4.74 Å². The Bertz CT molecular complexity index is 214. The highest BCUT2D eigenvalue weighted by molar-refractivity contribution is 14.1. The van der Waals surface area contributed by atoms with Crippen LogP contribution in [0.2, 0.25) is 0 Å². The van der Waals surface area contributed by atoms with Gasteiger partial charge in [-0.3, -0.25) is 4.79 Å². The first-order valence-electron chi connectivity index (χ1n) is 4.09. The number of carbonyl (C=O) groups excluding carboxylic acids is 1. The predicted molar refractivity (Wildman–Crippen MR) is 49.7 cm³/mol. The summed E-state index contributed by atoms with van der Waals surface area (Å²) < 4.78 is 18.9. The molecule has 0 aromatic rings. The van der Waals surface area contributed by atoms with Crippen LogP contribution < -0.4 is 0 Å². The van der Waals surface area contributed by atoms with Crippen LogP contribution in [0, 0.1) is 5.41 Å². The smallest absolute Gasteiger partial charge is 0.309 e. The van der Waals surface area contributed by atoms with E-state index in [1.807, 2.05) is 22.6 Å².